The van der Waals surface area contributed by atoms with Crippen molar-refractivity contribution in [1.29, 1.82) is 0 Å². The maximum Gasteiger partial charge on any atom is 0.117 e. The summed E-state index contributed by atoms with van der Waals surface area (Å²) in [7, 11) is 0. The summed E-state index contributed by atoms with van der Waals surface area (Å²) in [5.74, 6) is 0. The van der Waals surface area contributed by atoms with E-state index in [9.17, 15) is 0 Å². The Kier molecular flexibility index (Phi) is 4.39. The van der Waals surface area contributed by atoms with E-state index in [1.165, 1.54) is 16.0 Å². The van der Waals surface area contributed by atoms with E-state index in [-0.39, 0.29) is 13.5 Å². The van der Waals surface area contributed by atoms with Gasteiger partial charge in [0.05, 0.1) is 0 Å². The summed E-state index contributed by atoms with van der Waals surface area (Å²) in [6.45, 7) is -0.401. The fourth-order valence-electron chi connectivity index (χ4n) is 1.90. The summed E-state index contributed by atoms with van der Waals surface area (Å²) in [5.41, 5.74) is 9.58. The van der Waals surface area contributed by atoms with Crippen LogP contribution in [0.15, 0.2) is 48.5 Å². The molecule has 0 radical (unpaired) electrons. The SMILES string of the molecule is Nc1ccc(Cc2ccc(N(CO)CO)cc2)cc1. The Bertz CT molecular complexity index is 505. The lowest BCUT2D eigenvalue weighted by molar-refractivity contribution is 0.223. The Morgan fingerprint density at radius 2 is 1.26 bits per heavy atom. The number of hydrogen-bond donors (Lipinski definition) is 3. The van der Waals surface area contributed by atoms with Crippen molar-refractivity contribution in [1.82, 2.24) is 0 Å². The Balaban J connectivity index is 2.08. The van der Waals surface area contributed by atoms with Crippen LogP contribution < -0.4 is 10.6 Å². The largest absolute Gasteiger partial charge is 0.399 e. The third-order valence-electron chi connectivity index (χ3n) is 3.03. The van der Waals surface area contributed by atoms with Gasteiger partial charge in [-0.2, -0.15) is 0 Å². The first kappa shape index (κ1) is 13.4. The summed E-state index contributed by atoms with van der Waals surface area (Å²) in [4.78, 5) is 1.47. The number of aliphatic hydroxyl groups excluding tert-OH is 2. The number of benzene rings is 2. The average molecular weight is 258 g/mol. The highest BCUT2D eigenvalue weighted by Gasteiger charge is 2.03. The zero-order chi connectivity index (χ0) is 13.7. The molecule has 0 aliphatic carbocycles. The molecule has 4 N–H and O–H groups in total. The molecular weight excluding hydrogens is 240 g/mol. The van der Waals surface area contributed by atoms with Gasteiger partial charge in [0.15, 0.2) is 0 Å². The van der Waals surface area contributed by atoms with Crippen LogP contribution in [0.25, 0.3) is 0 Å². The fourth-order valence-corrected chi connectivity index (χ4v) is 1.90. The Morgan fingerprint density at radius 3 is 1.74 bits per heavy atom. The fraction of sp³-hybridized carbons (Fsp3) is 0.200. The lowest BCUT2D eigenvalue weighted by atomic mass is 10.0. The highest BCUT2D eigenvalue weighted by Crippen LogP contribution is 2.17. The predicted octanol–water partition coefficient (Wildman–Crippen LogP) is 1.57. The number of nitrogen functional groups attached to an aromatic ring is 1. The second-order valence-corrected chi connectivity index (χ2v) is 4.41. The van der Waals surface area contributed by atoms with E-state index in [0.29, 0.717) is 0 Å². The van der Waals surface area contributed by atoms with Crippen LogP contribution in [-0.4, -0.2) is 23.7 Å². The van der Waals surface area contributed by atoms with Crippen molar-refractivity contribution < 1.29 is 10.2 Å². The molecule has 0 saturated heterocycles. The van der Waals surface area contributed by atoms with Crippen molar-refractivity contribution in [3.05, 3.63) is 59.7 Å². The molecule has 4 nitrogen and oxygen atoms in total. The van der Waals surface area contributed by atoms with E-state index in [4.69, 9.17) is 15.9 Å². The van der Waals surface area contributed by atoms with Crippen LogP contribution in [-0.2, 0) is 6.42 Å². The zero-order valence-corrected chi connectivity index (χ0v) is 10.7. The molecule has 100 valence electrons. The third-order valence-corrected chi connectivity index (χ3v) is 3.03. The normalized spacial score (nSPS) is 10.4. The van der Waals surface area contributed by atoms with E-state index >= 15 is 0 Å². The minimum absolute atomic E-state index is 0.201. The van der Waals surface area contributed by atoms with Crippen LogP contribution in [0.4, 0.5) is 11.4 Å². The van der Waals surface area contributed by atoms with Crippen molar-refractivity contribution in [2.45, 2.75) is 6.42 Å². The van der Waals surface area contributed by atoms with Gasteiger partial charge in [-0.3, -0.25) is 0 Å². The Labute approximate surface area is 112 Å². The molecular formula is C15H18N2O2. The van der Waals surface area contributed by atoms with Gasteiger partial charge in [0.2, 0.25) is 0 Å². The number of hydrogen-bond acceptors (Lipinski definition) is 4. The number of aliphatic hydroxyl groups is 2. The first-order valence-electron chi connectivity index (χ1n) is 6.13. The van der Waals surface area contributed by atoms with Gasteiger partial charge >= 0.3 is 0 Å². The highest BCUT2D eigenvalue weighted by atomic mass is 16.3. The second-order valence-electron chi connectivity index (χ2n) is 4.41. The quantitative estimate of drug-likeness (QED) is 0.562. The highest BCUT2D eigenvalue weighted by molar-refractivity contribution is 5.48. The first-order chi connectivity index (χ1) is 9.22. The lowest BCUT2D eigenvalue weighted by Gasteiger charge is -2.19. The molecule has 0 unspecified atom stereocenters. The van der Waals surface area contributed by atoms with Crippen LogP contribution >= 0.6 is 0 Å². The molecule has 0 saturated carbocycles. The number of nitrogens with two attached hydrogens (primary N) is 1. The maximum absolute atomic E-state index is 9.06. The molecule has 4 heteroatoms. The van der Waals surface area contributed by atoms with E-state index in [0.717, 1.165) is 17.8 Å². The van der Waals surface area contributed by atoms with Gasteiger partial charge in [-0.15, -0.1) is 0 Å². The summed E-state index contributed by atoms with van der Waals surface area (Å²) < 4.78 is 0. The molecule has 0 atom stereocenters. The van der Waals surface area contributed by atoms with E-state index < -0.39 is 0 Å². The lowest BCUT2D eigenvalue weighted by Crippen LogP contribution is -2.24. The maximum atomic E-state index is 9.06. The van der Waals surface area contributed by atoms with Crippen molar-refractivity contribution in [2.24, 2.45) is 0 Å². The average Bonchev–Trinajstić information content (AvgIpc) is 2.44. The van der Waals surface area contributed by atoms with Crippen LogP contribution in [0.1, 0.15) is 11.1 Å². The van der Waals surface area contributed by atoms with Crippen molar-refractivity contribution in [3.63, 3.8) is 0 Å². The standard InChI is InChI=1S/C15H18N2O2/c16-14-5-1-12(2-6-14)9-13-3-7-15(8-4-13)17(10-18)11-19/h1-8,18-19H,9-11,16H2. The molecule has 0 spiro atoms. The molecule has 0 aliphatic rings. The molecule has 0 amide bonds. The minimum Gasteiger partial charge on any atom is -0.399 e. The van der Waals surface area contributed by atoms with Crippen molar-refractivity contribution in [2.75, 3.05) is 24.1 Å². The minimum atomic E-state index is -0.201. The summed E-state index contributed by atoms with van der Waals surface area (Å²) in [5, 5.41) is 18.1. The molecule has 2 aromatic carbocycles. The molecule has 19 heavy (non-hydrogen) atoms. The smallest absolute Gasteiger partial charge is 0.117 e. The van der Waals surface area contributed by atoms with E-state index in [2.05, 4.69) is 0 Å². The van der Waals surface area contributed by atoms with Gasteiger partial charge in [-0.25, -0.2) is 0 Å². The van der Waals surface area contributed by atoms with Gasteiger partial charge in [-0.1, -0.05) is 24.3 Å². The van der Waals surface area contributed by atoms with Crippen LogP contribution in [0.5, 0.6) is 0 Å². The molecule has 2 aromatic rings. The first-order valence-corrected chi connectivity index (χ1v) is 6.13. The van der Waals surface area contributed by atoms with Crippen LogP contribution in [0.3, 0.4) is 0 Å². The predicted molar refractivity (Wildman–Crippen MR) is 76.8 cm³/mol. The van der Waals surface area contributed by atoms with E-state index in [1.807, 2.05) is 48.5 Å². The van der Waals surface area contributed by atoms with E-state index in [1.54, 1.807) is 0 Å². The van der Waals surface area contributed by atoms with Crippen molar-refractivity contribution in [3.8, 4) is 0 Å². The van der Waals surface area contributed by atoms with Gasteiger partial charge < -0.3 is 20.8 Å². The Hall–Kier alpha value is -2.04. The van der Waals surface area contributed by atoms with Gasteiger partial charge in [-0.05, 0) is 41.8 Å². The molecule has 0 aromatic heterocycles. The number of rotatable bonds is 5. The molecule has 2 rings (SSSR count). The number of nitrogens with zero attached hydrogens (tertiary/aromatic N) is 1. The van der Waals surface area contributed by atoms with Gasteiger partial charge in [0.25, 0.3) is 0 Å². The summed E-state index contributed by atoms with van der Waals surface area (Å²) >= 11 is 0. The van der Waals surface area contributed by atoms with Gasteiger partial charge in [0.1, 0.15) is 13.5 Å². The van der Waals surface area contributed by atoms with Crippen molar-refractivity contribution >= 4 is 11.4 Å². The second kappa shape index (κ2) is 6.22. The summed E-state index contributed by atoms with van der Waals surface area (Å²) in [6.07, 6.45) is 0.832. The molecule has 0 bridgehead atoms. The summed E-state index contributed by atoms with van der Waals surface area (Å²) in [6, 6.07) is 15.6. The van der Waals surface area contributed by atoms with Crippen LogP contribution in [0, 0.1) is 0 Å². The van der Waals surface area contributed by atoms with Gasteiger partial charge in [0, 0.05) is 11.4 Å². The van der Waals surface area contributed by atoms with Crippen LogP contribution in [0.2, 0.25) is 0 Å². The zero-order valence-electron chi connectivity index (χ0n) is 10.7. The number of anilines is 2. The Morgan fingerprint density at radius 1 is 0.789 bits per heavy atom. The monoisotopic (exact) mass is 258 g/mol. The molecule has 0 fully saturated rings. The molecule has 0 aliphatic heterocycles. The third kappa shape index (κ3) is 3.47. The topological polar surface area (TPSA) is 69.7 Å². The molecule has 0 heterocycles.